The topological polar surface area (TPSA) is 67.2 Å². The number of hydrogen-bond acceptors (Lipinski definition) is 4. The summed E-state index contributed by atoms with van der Waals surface area (Å²) in [6, 6.07) is 13.3. The van der Waals surface area contributed by atoms with Crippen molar-refractivity contribution in [2.45, 2.75) is 32.6 Å². The van der Waals surface area contributed by atoms with Gasteiger partial charge >= 0.3 is 0 Å². The quantitative estimate of drug-likeness (QED) is 0.489. The maximum atomic E-state index is 12.3. The van der Waals surface area contributed by atoms with Crippen LogP contribution in [0.2, 0.25) is 0 Å². The fraction of sp³-hybridized carbons (Fsp3) is 0.250. The van der Waals surface area contributed by atoms with Crippen LogP contribution < -0.4 is 10.6 Å². The Morgan fingerprint density at radius 2 is 2.00 bits per heavy atom. The van der Waals surface area contributed by atoms with E-state index in [0.717, 1.165) is 17.5 Å². The number of rotatable bonds is 6. The summed E-state index contributed by atoms with van der Waals surface area (Å²) in [7, 11) is 0. The Morgan fingerprint density at radius 1 is 1.19 bits per heavy atom. The number of benzene rings is 1. The second-order valence-corrected chi connectivity index (χ2v) is 6.48. The number of nitrogens with zero attached hydrogens (tertiary/aromatic N) is 1. The maximum Gasteiger partial charge on any atom is 0.293 e. The van der Waals surface area contributed by atoms with E-state index < -0.39 is 5.91 Å². The molecule has 5 nitrogen and oxygen atoms in total. The number of aromatic nitrogens is 1. The van der Waals surface area contributed by atoms with Crippen molar-refractivity contribution in [1.82, 2.24) is 10.3 Å². The summed E-state index contributed by atoms with van der Waals surface area (Å²) in [4.78, 5) is 16.3. The highest BCUT2D eigenvalue weighted by Gasteiger charge is 2.14. The number of fused-ring (bicyclic) bond motifs is 1. The number of amides is 1. The molecule has 3 aromatic rings. The maximum absolute atomic E-state index is 12.3. The standard InChI is InChI=1S/C20H21N3O2S/c1-2-3-4-6-14-8-10-16(11-9-14)22-20(26)23-18(24)17-13-15-7-5-12-21-19(15)25-17/h5,7-13H,2-4,6H2,1H3,(H2,22,23,24,26). The van der Waals surface area contributed by atoms with Crippen molar-refractivity contribution in [3.05, 3.63) is 60.0 Å². The number of nitrogens with one attached hydrogen (secondary N) is 2. The summed E-state index contributed by atoms with van der Waals surface area (Å²) in [5.74, 6) is -0.231. The van der Waals surface area contributed by atoms with Crippen LogP contribution in [-0.4, -0.2) is 16.0 Å². The Labute approximate surface area is 157 Å². The Kier molecular flexibility index (Phi) is 5.96. The zero-order valence-electron chi connectivity index (χ0n) is 14.6. The molecule has 3 rings (SSSR count). The molecular weight excluding hydrogens is 346 g/mol. The highest BCUT2D eigenvalue weighted by atomic mass is 32.1. The first-order chi connectivity index (χ1) is 12.7. The molecule has 0 saturated heterocycles. The molecule has 2 N–H and O–H groups in total. The van der Waals surface area contributed by atoms with Crippen LogP contribution in [-0.2, 0) is 6.42 Å². The van der Waals surface area contributed by atoms with Crippen molar-refractivity contribution >= 4 is 40.0 Å². The fourth-order valence-electron chi connectivity index (χ4n) is 2.65. The SMILES string of the molecule is CCCCCc1ccc(NC(=S)NC(=O)c2cc3cccnc3o2)cc1. The second-order valence-electron chi connectivity index (χ2n) is 6.07. The minimum Gasteiger partial charge on any atom is -0.433 e. The van der Waals surface area contributed by atoms with E-state index in [1.807, 2.05) is 18.2 Å². The lowest BCUT2D eigenvalue weighted by atomic mass is 10.1. The minimum absolute atomic E-state index is 0.175. The summed E-state index contributed by atoms with van der Waals surface area (Å²) in [5.41, 5.74) is 2.56. The van der Waals surface area contributed by atoms with Crippen LogP contribution in [0.5, 0.6) is 0 Å². The van der Waals surface area contributed by atoms with Crippen molar-refractivity contribution in [2.75, 3.05) is 5.32 Å². The molecule has 0 aliphatic carbocycles. The highest BCUT2D eigenvalue weighted by molar-refractivity contribution is 7.80. The molecule has 0 radical (unpaired) electrons. The third-order valence-corrected chi connectivity index (χ3v) is 4.23. The van der Waals surface area contributed by atoms with Gasteiger partial charge in [-0.2, -0.15) is 0 Å². The smallest absolute Gasteiger partial charge is 0.293 e. The van der Waals surface area contributed by atoms with Crippen LogP contribution in [0.3, 0.4) is 0 Å². The molecule has 0 aliphatic rings. The number of carbonyl (C=O) groups excluding carboxylic acids is 1. The van der Waals surface area contributed by atoms with Gasteiger partial charge in [0.05, 0.1) is 0 Å². The van der Waals surface area contributed by atoms with E-state index in [1.165, 1.54) is 24.8 Å². The van der Waals surface area contributed by atoms with Gasteiger partial charge in [-0.3, -0.25) is 10.1 Å². The van der Waals surface area contributed by atoms with Crippen molar-refractivity contribution in [3.63, 3.8) is 0 Å². The predicted octanol–water partition coefficient (Wildman–Crippen LogP) is 4.69. The largest absolute Gasteiger partial charge is 0.433 e. The number of thiocarbonyl (C=S) groups is 1. The summed E-state index contributed by atoms with van der Waals surface area (Å²) in [5, 5.41) is 6.63. The Bertz CT molecular complexity index is 870. The second kappa shape index (κ2) is 8.58. The van der Waals surface area contributed by atoms with E-state index in [0.29, 0.717) is 5.71 Å². The van der Waals surface area contributed by atoms with Gasteiger partial charge in [-0.05, 0) is 61.0 Å². The average Bonchev–Trinajstić information content (AvgIpc) is 3.08. The number of furan rings is 1. The summed E-state index contributed by atoms with van der Waals surface area (Å²) in [6.45, 7) is 2.20. The van der Waals surface area contributed by atoms with Gasteiger partial charge in [0.15, 0.2) is 10.9 Å². The number of carbonyl (C=O) groups is 1. The Morgan fingerprint density at radius 3 is 2.73 bits per heavy atom. The monoisotopic (exact) mass is 367 g/mol. The Hall–Kier alpha value is -2.73. The average molecular weight is 367 g/mol. The third kappa shape index (κ3) is 4.67. The molecule has 0 saturated carbocycles. The number of hydrogen-bond donors (Lipinski definition) is 2. The van der Waals surface area contributed by atoms with E-state index >= 15 is 0 Å². The predicted molar refractivity (Wildman–Crippen MR) is 107 cm³/mol. The molecule has 1 aromatic carbocycles. The highest BCUT2D eigenvalue weighted by Crippen LogP contribution is 2.16. The minimum atomic E-state index is -0.406. The molecule has 0 fully saturated rings. The van der Waals surface area contributed by atoms with Gasteiger partial charge in [0.25, 0.3) is 5.91 Å². The van der Waals surface area contributed by atoms with Crippen molar-refractivity contribution < 1.29 is 9.21 Å². The van der Waals surface area contributed by atoms with Gasteiger partial charge in [0.2, 0.25) is 5.71 Å². The lowest BCUT2D eigenvalue weighted by molar-refractivity contribution is 0.0952. The molecule has 6 heteroatoms. The van der Waals surface area contributed by atoms with Crippen LogP contribution in [0.15, 0.2) is 53.1 Å². The van der Waals surface area contributed by atoms with Gasteiger partial charge < -0.3 is 9.73 Å². The van der Waals surface area contributed by atoms with Crippen LogP contribution in [0, 0.1) is 0 Å². The fourth-order valence-corrected chi connectivity index (χ4v) is 2.86. The third-order valence-electron chi connectivity index (χ3n) is 4.03. The molecule has 2 heterocycles. The van der Waals surface area contributed by atoms with Gasteiger partial charge in [-0.1, -0.05) is 31.9 Å². The zero-order chi connectivity index (χ0) is 18.4. The van der Waals surface area contributed by atoms with Gasteiger partial charge in [-0.15, -0.1) is 0 Å². The molecule has 0 spiro atoms. The zero-order valence-corrected chi connectivity index (χ0v) is 15.4. The van der Waals surface area contributed by atoms with Crippen LogP contribution >= 0.6 is 12.2 Å². The van der Waals surface area contributed by atoms with E-state index in [9.17, 15) is 4.79 Å². The van der Waals surface area contributed by atoms with Gasteiger partial charge in [0.1, 0.15) is 0 Å². The van der Waals surface area contributed by atoms with Gasteiger partial charge in [-0.25, -0.2) is 4.98 Å². The molecule has 0 unspecified atom stereocenters. The first-order valence-electron chi connectivity index (χ1n) is 8.71. The molecule has 0 aliphatic heterocycles. The number of unbranched alkanes of at least 4 members (excludes halogenated alkanes) is 2. The molecule has 0 bridgehead atoms. The molecule has 26 heavy (non-hydrogen) atoms. The van der Waals surface area contributed by atoms with Crippen LogP contribution in [0.1, 0.15) is 42.3 Å². The Balaban J connectivity index is 1.55. The van der Waals surface area contributed by atoms with Crippen molar-refractivity contribution in [1.29, 1.82) is 0 Å². The molecule has 2 aromatic heterocycles. The molecule has 1 amide bonds. The number of anilines is 1. The summed E-state index contributed by atoms with van der Waals surface area (Å²) < 4.78 is 5.43. The lowest BCUT2D eigenvalue weighted by Gasteiger charge is -2.09. The van der Waals surface area contributed by atoms with Gasteiger partial charge in [0, 0.05) is 17.3 Å². The lowest BCUT2D eigenvalue weighted by Crippen LogP contribution is -2.33. The molecule has 0 atom stereocenters. The van der Waals surface area contributed by atoms with E-state index in [2.05, 4.69) is 34.7 Å². The van der Waals surface area contributed by atoms with E-state index in [1.54, 1.807) is 18.3 Å². The number of aryl methyl sites for hydroxylation is 1. The van der Waals surface area contributed by atoms with E-state index in [-0.39, 0.29) is 10.9 Å². The summed E-state index contributed by atoms with van der Waals surface area (Å²) in [6.07, 6.45) is 6.35. The number of pyridine rings is 1. The molecular formula is C20H21N3O2S. The van der Waals surface area contributed by atoms with Crippen LogP contribution in [0.4, 0.5) is 5.69 Å². The first kappa shape index (κ1) is 18.1. The first-order valence-corrected chi connectivity index (χ1v) is 9.12. The van der Waals surface area contributed by atoms with Crippen LogP contribution in [0.25, 0.3) is 11.1 Å². The normalized spacial score (nSPS) is 10.7. The van der Waals surface area contributed by atoms with E-state index in [4.69, 9.17) is 16.6 Å². The molecule has 134 valence electrons. The van der Waals surface area contributed by atoms with Crippen molar-refractivity contribution in [3.8, 4) is 0 Å². The van der Waals surface area contributed by atoms with Crippen molar-refractivity contribution in [2.24, 2.45) is 0 Å². The summed E-state index contributed by atoms with van der Waals surface area (Å²) >= 11 is 5.21.